The molecule has 0 radical (unpaired) electrons. The number of rotatable bonds is 3. The van der Waals surface area contributed by atoms with Crippen LogP contribution in [0.15, 0.2) is 22.7 Å². The Morgan fingerprint density at radius 3 is 2.75 bits per heavy atom. The van der Waals surface area contributed by atoms with Gasteiger partial charge in [0.1, 0.15) is 0 Å². The highest BCUT2D eigenvalue weighted by atomic mass is 79.9. The highest BCUT2D eigenvalue weighted by molar-refractivity contribution is 9.10. The van der Waals surface area contributed by atoms with Crippen LogP contribution < -0.4 is 5.32 Å². The largest absolute Gasteiger partial charge is 0.481 e. The third-order valence-electron chi connectivity index (χ3n) is 2.86. The second-order valence-corrected chi connectivity index (χ2v) is 5.22. The van der Waals surface area contributed by atoms with Crippen LogP contribution in [-0.4, -0.2) is 17.1 Å². The molecule has 0 amide bonds. The summed E-state index contributed by atoms with van der Waals surface area (Å²) >= 11 is 9.36. The lowest BCUT2D eigenvalue weighted by Gasteiger charge is -2.34. The van der Waals surface area contributed by atoms with Gasteiger partial charge in [-0.15, -0.1) is 0 Å². The fourth-order valence-electron chi connectivity index (χ4n) is 1.77. The molecule has 1 aliphatic carbocycles. The molecule has 2 rings (SSSR count). The molecule has 5 heteroatoms. The van der Waals surface area contributed by atoms with Crippen molar-refractivity contribution in [2.75, 3.05) is 5.32 Å². The Morgan fingerprint density at radius 2 is 2.25 bits per heavy atom. The minimum Gasteiger partial charge on any atom is -0.481 e. The average Bonchev–Trinajstić information content (AvgIpc) is 2.13. The lowest BCUT2D eigenvalue weighted by Crippen LogP contribution is -2.43. The molecule has 1 fully saturated rings. The smallest absolute Gasteiger partial charge is 0.308 e. The van der Waals surface area contributed by atoms with Crippen LogP contribution >= 0.6 is 27.5 Å². The van der Waals surface area contributed by atoms with Crippen molar-refractivity contribution in [1.82, 2.24) is 0 Å². The Balaban J connectivity index is 2.07. The maximum atomic E-state index is 10.8. The highest BCUT2D eigenvalue weighted by Gasteiger charge is 2.36. The Hall–Kier alpha value is -0.740. The van der Waals surface area contributed by atoms with E-state index in [1.54, 1.807) is 6.07 Å². The van der Waals surface area contributed by atoms with Crippen molar-refractivity contribution in [3.05, 3.63) is 27.7 Å². The number of carboxylic acid groups (broad SMARTS) is 1. The molecule has 1 aromatic carbocycles. The number of aliphatic carboxylic acids is 1. The SMILES string of the molecule is O=C(O)C1CCC1Nc1ccc(Br)cc1Cl. The van der Waals surface area contributed by atoms with Crippen LogP contribution in [0.3, 0.4) is 0 Å². The number of carboxylic acids is 1. The maximum Gasteiger partial charge on any atom is 0.308 e. The van der Waals surface area contributed by atoms with Gasteiger partial charge in [-0.05, 0) is 31.0 Å². The van der Waals surface area contributed by atoms with Gasteiger partial charge in [-0.25, -0.2) is 0 Å². The fourth-order valence-corrected chi connectivity index (χ4v) is 2.50. The minimum absolute atomic E-state index is 0.00354. The van der Waals surface area contributed by atoms with Gasteiger partial charge in [0.15, 0.2) is 0 Å². The monoisotopic (exact) mass is 303 g/mol. The van der Waals surface area contributed by atoms with Crippen molar-refractivity contribution in [1.29, 1.82) is 0 Å². The van der Waals surface area contributed by atoms with Crippen molar-refractivity contribution in [2.24, 2.45) is 5.92 Å². The summed E-state index contributed by atoms with van der Waals surface area (Å²) in [5.74, 6) is -1.03. The summed E-state index contributed by atoms with van der Waals surface area (Å²) in [5.41, 5.74) is 0.792. The maximum absolute atomic E-state index is 10.8. The second kappa shape index (κ2) is 4.63. The molecule has 2 N–H and O–H groups in total. The van der Waals surface area contributed by atoms with Crippen LogP contribution in [-0.2, 0) is 4.79 Å². The predicted octanol–water partition coefficient (Wildman–Crippen LogP) is 3.38. The van der Waals surface area contributed by atoms with E-state index < -0.39 is 5.97 Å². The van der Waals surface area contributed by atoms with Crippen molar-refractivity contribution in [3.63, 3.8) is 0 Å². The van der Waals surface area contributed by atoms with E-state index in [0.29, 0.717) is 5.02 Å². The number of benzene rings is 1. The lowest BCUT2D eigenvalue weighted by molar-refractivity contribution is -0.144. The van der Waals surface area contributed by atoms with Gasteiger partial charge in [0.2, 0.25) is 0 Å². The normalized spacial score (nSPS) is 23.6. The van der Waals surface area contributed by atoms with E-state index in [0.717, 1.165) is 23.0 Å². The number of nitrogens with one attached hydrogen (secondary N) is 1. The van der Waals surface area contributed by atoms with Crippen molar-refractivity contribution < 1.29 is 9.90 Å². The molecular formula is C11H11BrClNO2. The first-order chi connectivity index (χ1) is 7.58. The molecule has 86 valence electrons. The summed E-state index contributed by atoms with van der Waals surface area (Å²) in [4.78, 5) is 10.8. The van der Waals surface area contributed by atoms with Gasteiger partial charge in [-0.3, -0.25) is 4.79 Å². The molecule has 2 unspecified atom stereocenters. The average molecular weight is 305 g/mol. The Morgan fingerprint density at radius 1 is 1.50 bits per heavy atom. The Kier molecular flexibility index (Phi) is 3.40. The molecule has 0 aromatic heterocycles. The molecule has 2 atom stereocenters. The van der Waals surface area contributed by atoms with E-state index in [-0.39, 0.29) is 12.0 Å². The van der Waals surface area contributed by atoms with Gasteiger partial charge in [0.25, 0.3) is 0 Å². The number of hydrogen-bond donors (Lipinski definition) is 2. The van der Waals surface area contributed by atoms with Crippen LogP contribution in [0.2, 0.25) is 5.02 Å². The molecule has 1 aliphatic rings. The summed E-state index contributed by atoms with van der Waals surface area (Å²) < 4.78 is 0.909. The highest BCUT2D eigenvalue weighted by Crippen LogP contribution is 2.33. The van der Waals surface area contributed by atoms with Crippen LogP contribution in [0, 0.1) is 5.92 Å². The predicted molar refractivity (Wildman–Crippen MR) is 66.9 cm³/mol. The van der Waals surface area contributed by atoms with Crippen LogP contribution in [0.5, 0.6) is 0 Å². The van der Waals surface area contributed by atoms with Crippen molar-refractivity contribution in [3.8, 4) is 0 Å². The molecule has 0 heterocycles. The third kappa shape index (κ3) is 2.33. The summed E-state index contributed by atoms with van der Waals surface area (Å²) in [6.45, 7) is 0. The zero-order valence-electron chi connectivity index (χ0n) is 8.41. The molecule has 3 nitrogen and oxygen atoms in total. The summed E-state index contributed by atoms with van der Waals surface area (Å²) in [5, 5.41) is 12.7. The Bertz CT molecular complexity index is 424. The lowest BCUT2D eigenvalue weighted by atomic mass is 9.79. The van der Waals surface area contributed by atoms with Gasteiger partial charge in [0, 0.05) is 10.5 Å². The summed E-state index contributed by atoms with van der Waals surface area (Å²) in [7, 11) is 0. The van der Waals surface area contributed by atoms with Gasteiger partial charge in [-0.1, -0.05) is 27.5 Å². The van der Waals surface area contributed by atoms with Crippen molar-refractivity contribution >= 4 is 39.2 Å². The van der Waals surface area contributed by atoms with Crippen LogP contribution in [0.4, 0.5) is 5.69 Å². The van der Waals surface area contributed by atoms with E-state index in [2.05, 4.69) is 21.2 Å². The van der Waals surface area contributed by atoms with Gasteiger partial charge < -0.3 is 10.4 Å². The quantitative estimate of drug-likeness (QED) is 0.900. The van der Waals surface area contributed by atoms with E-state index in [9.17, 15) is 4.79 Å². The molecule has 0 saturated heterocycles. The Labute approximate surface area is 107 Å². The van der Waals surface area contributed by atoms with Gasteiger partial charge in [0.05, 0.1) is 16.6 Å². The van der Waals surface area contributed by atoms with Crippen molar-refractivity contribution in [2.45, 2.75) is 18.9 Å². The first kappa shape index (κ1) is 11.7. The van der Waals surface area contributed by atoms with E-state index in [4.69, 9.17) is 16.7 Å². The number of halogens is 2. The summed E-state index contributed by atoms with van der Waals surface area (Å²) in [6.07, 6.45) is 1.62. The number of anilines is 1. The molecule has 1 saturated carbocycles. The molecule has 0 bridgehead atoms. The first-order valence-corrected chi connectivity index (χ1v) is 6.19. The molecule has 0 spiro atoms. The zero-order chi connectivity index (χ0) is 11.7. The molecule has 0 aliphatic heterocycles. The zero-order valence-corrected chi connectivity index (χ0v) is 10.8. The third-order valence-corrected chi connectivity index (χ3v) is 3.67. The number of hydrogen-bond acceptors (Lipinski definition) is 2. The van der Waals surface area contributed by atoms with Gasteiger partial charge >= 0.3 is 5.97 Å². The summed E-state index contributed by atoms with van der Waals surface area (Å²) in [6, 6.07) is 5.51. The first-order valence-electron chi connectivity index (χ1n) is 5.02. The molecular weight excluding hydrogens is 293 g/mol. The fraction of sp³-hybridized carbons (Fsp3) is 0.364. The number of carbonyl (C=O) groups is 1. The van der Waals surface area contributed by atoms with E-state index >= 15 is 0 Å². The van der Waals surface area contributed by atoms with E-state index in [1.165, 1.54) is 0 Å². The van der Waals surface area contributed by atoms with Crippen LogP contribution in [0.25, 0.3) is 0 Å². The minimum atomic E-state index is -0.739. The topological polar surface area (TPSA) is 49.3 Å². The van der Waals surface area contributed by atoms with Crippen LogP contribution in [0.1, 0.15) is 12.8 Å². The second-order valence-electron chi connectivity index (χ2n) is 3.90. The molecule has 1 aromatic rings. The van der Waals surface area contributed by atoms with E-state index in [1.807, 2.05) is 12.1 Å². The standard InChI is InChI=1S/C11H11BrClNO2/c12-6-1-3-10(8(13)5-6)14-9-4-2-7(9)11(15)16/h1,3,5,7,9,14H,2,4H2,(H,15,16). The van der Waals surface area contributed by atoms with Gasteiger partial charge in [-0.2, -0.15) is 0 Å². The molecule has 16 heavy (non-hydrogen) atoms.